The SMILES string of the molecule is CCOC(=O)C1CCCCN1C(=O)c1ccc(-n2nc(C)c(Cl)c2C)cc1. The van der Waals surface area contributed by atoms with Gasteiger partial charge in [-0.05, 0) is 64.3 Å². The second kappa shape index (κ2) is 8.13. The number of amides is 1. The van der Waals surface area contributed by atoms with Crippen molar-refractivity contribution < 1.29 is 14.3 Å². The van der Waals surface area contributed by atoms with Crippen molar-refractivity contribution in [2.45, 2.75) is 46.1 Å². The van der Waals surface area contributed by atoms with Crippen molar-refractivity contribution in [2.75, 3.05) is 13.2 Å². The van der Waals surface area contributed by atoms with Gasteiger partial charge in [0.2, 0.25) is 0 Å². The zero-order chi connectivity index (χ0) is 19.6. The standard InChI is InChI=1S/C20H24ClN3O3/c1-4-27-20(26)17-7-5-6-12-23(17)19(25)15-8-10-16(11-9-15)24-14(3)18(21)13(2)22-24/h8-11,17H,4-7,12H2,1-3H3. The summed E-state index contributed by atoms with van der Waals surface area (Å²) < 4.78 is 6.90. The second-order valence-electron chi connectivity index (χ2n) is 6.71. The number of piperidine rings is 1. The maximum absolute atomic E-state index is 13.0. The van der Waals surface area contributed by atoms with Crippen LogP contribution in [0.3, 0.4) is 0 Å². The van der Waals surface area contributed by atoms with Crippen LogP contribution in [0.15, 0.2) is 24.3 Å². The molecule has 1 atom stereocenters. The quantitative estimate of drug-likeness (QED) is 0.748. The average molecular weight is 390 g/mol. The van der Waals surface area contributed by atoms with E-state index in [9.17, 15) is 9.59 Å². The molecule has 2 aromatic rings. The molecule has 0 spiro atoms. The first kappa shape index (κ1) is 19.4. The van der Waals surface area contributed by atoms with E-state index in [1.165, 1.54) is 0 Å². The number of hydrogen-bond acceptors (Lipinski definition) is 4. The van der Waals surface area contributed by atoms with Crippen LogP contribution >= 0.6 is 11.6 Å². The number of benzene rings is 1. The van der Waals surface area contributed by atoms with E-state index in [1.807, 2.05) is 26.0 Å². The van der Waals surface area contributed by atoms with Crippen molar-refractivity contribution in [1.82, 2.24) is 14.7 Å². The Morgan fingerprint density at radius 1 is 1.22 bits per heavy atom. The molecular weight excluding hydrogens is 366 g/mol. The fourth-order valence-electron chi connectivity index (χ4n) is 3.44. The van der Waals surface area contributed by atoms with E-state index in [0.29, 0.717) is 30.2 Å². The maximum atomic E-state index is 13.0. The van der Waals surface area contributed by atoms with Gasteiger partial charge in [-0.3, -0.25) is 4.79 Å². The van der Waals surface area contributed by atoms with Crippen LogP contribution in [0.2, 0.25) is 5.02 Å². The molecule has 2 heterocycles. The largest absolute Gasteiger partial charge is 0.464 e. The summed E-state index contributed by atoms with van der Waals surface area (Å²) in [5.41, 5.74) is 2.99. The van der Waals surface area contributed by atoms with Gasteiger partial charge < -0.3 is 9.64 Å². The van der Waals surface area contributed by atoms with Crippen LogP contribution in [-0.2, 0) is 9.53 Å². The molecule has 6 nitrogen and oxygen atoms in total. The van der Waals surface area contributed by atoms with E-state index in [1.54, 1.807) is 28.6 Å². The number of hydrogen-bond donors (Lipinski definition) is 0. The molecule has 1 aliphatic rings. The Labute approximate surface area is 164 Å². The summed E-state index contributed by atoms with van der Waals surface area (Å²) in [6.07, 6.45) is 2.46. The van der Waals surface area contributed by atoms with Crippen molar-refractivity contribution >= 4 is 23.5 Å². The van der Waals surface area contributed by atoms with E-state index in [4.69, 9.17) is 16.3 Å². The summed E-state index contributed by atoms with van der Waals surface area (Å²) in [5.74, 6) is -0.467. The van der Waals surface area contributed by atoms with Crippen molar-refractivity contribution in [3.63, 3.8) is 0 Å². The van der Waals surface area contributed by atoms with Crippen LogP contribution in [0.4, 0.5) is 0 Å². The van der Waals surface area contributed by atoms with Gasteiger partial charge in [0.15, 0.2) is 0 Å². The van der Waals surface area contributed by atoms with Gasteiger partial charge in [-0.2, -0.15) is 5.10 Å². The average Bonchev–Trinajstić information content (AvgIpc) is 2.95. The minimum atomic E-state index is -0.499. The topological polar surface area (TPSA) is 64.4 Å². The minimum absolute atomic E-state index is 0.147. The van der Waals surface area contributed by atoms with Gasteiger partial charge in [-0.15, -0.1) is 0 Å². The third-order valence-corrected chi connectivity index (χ3v) is 5.43. The van der Waals surface area contributed by atoms with Crippen LogP contribution in [0, 0.1) is 13.8 Å². The monoisotopic (exact) mass is 389 g/mol. The lowest BCUT2D eigenvalue weighted by molar-refractivity contribution is -0.149. The Morgan fingerprint density at radius 3 is 2.52 bits per heavy atom. The fraction of sp³-hybridized carbons (Fsp3) is 0.450. The number of carbonyl (C=O) groups excluding carboxylic acids is 2. The molecule has 0 aliphatic carbocycles. The first-order chi connectivity index (χ1) is 12.9. The predicted molar refractivity (Wildman–Crippen MR) is 103 cm³/mol. The molecule has 1 saturated heterocycles. The summed E-state index contributed by atoms with van der Waals surface area (Å²) >= 11 is 6.21. The smallest absolute Gasteiger partial charge is 0.328 e. The molecule has 0 radical (unpaired) electrons. The highest BCUT2D eigenvalue weighted by atomic mass is 35.5. The fourth-order valence-corrected chi connectivity index (χ4v) is 3.56. The molecular formula is C20H24ClN3O3. The van der Waals surface area contributed by atoms with E-state index >= 15 is 0 Å². The Hall–Kier alpha value is -2.34. The lowest BCUT2D eigenvalue weighted by Gasteiger charge is -2.34. The third kappa shape index (κ3) is 3.86. The maximum Gasteiger partial charge on any atom is 0.328 e. The molecule has 1 aliphatic heterocycles. The molecule has 0 saturated carbocycles. The number of esters is 1. The van der Waals surface area contributed by atoms with Gasteiger partial charge >= 0.3 is 5.97 Å². The third-order valence-electron chi connectivity index (χ3n) is 4.88. The zero-order valence-corrected chi connectivity index (χ0v) is 16.6. The number of aromatic nitrogens is 2. The summed E-state index contributed by atoms with van der Waals surface area (Å²) in [6.45, 7) is 6.42. The first-order valence-corrected chi connectivity index (χ1v) is 9.61. The van der Waals surface area contributed by atoms with E-state index in [2.05, 4.69) is 5.10 Å². The Bertz CT molecular complexity index is 845. The summed E-state index contributed by atoms with van der Waals surface area (Å²) in [5, 5.41) is 5.07. The molecule has 1 amide bonds. The highest BCUT2D eigenvalue weighted by Gasteiger charge is 2.33. The van der Waals surface area contributed by atoms with Crippen LogP contribution in [0.25, 0.3) is 5.69 Å². The zero-order valence-electron chi connectivity index (χ0n) is 15.9. The van der Waals surface area contributed by atoms with Gasteiger partial charge in [0.25, 0.3) is 5.91 Å². The van der Waals surface area contributed by atoms with Crippen molar-refractivity contribution in [2.24, 2.45) is 0 Å². The molecule has 1 aromatic heterocycles. The van der Waals surface area contributed by atoms with E-state index in [0.717, 1.165) is 29.9 Å². The normalized spacial score (nSPS) is 17.0. The first-order valence-electron chi connectivity index (χ1n) is 9.23. The Balaban J connectivity index is 1.82. The van der Waals surface area contributed by atoms with Crippen molar-refractivity contribution in [3.05, 3.63) is 46.2 Å². The second-order valence-corrected chi connectivity index (χ2v) is 7.08. The molecule has 0 N–H and O–H groups in total. The summed E-state index contributed by atoms with van der Waals surface area (Å²) in [6, 6.07) is 6.71. The van der Waals surface area contributed by atoms with Crippen LogP contribution in [0.1, 0.15) is 47.9 Å². The number of nitrogens with zero attached hydrogens (tertiary/aromatic N) is 3. The van der Waals surface area contributed by atoms with Crippen molar-refractivity contribution in [3.8, 4) is 5.69 Å². The van der Waals surface area contributed by atoms with E-state index in [-0.39, 0.29) is 11.9 Å². The van der Waals surface area contributed by atoms with Crippen molar-refractivity contribution in [1.29, 1.82) is 0 Å². The molecule has 1 unspecified atom stereocenters. The van der Waals surface area contributed by atoms with Gasteiger partial charge in [0.1, 0.15) is 6.04 Å². The predicted octanol–water partition coefficient (Wildman–Crippen LogP) is 3.70. The van der Waals surface area contributed by atoms with Gasteiger partial charge in [-0.25, -0.2) is 9.48 Å². The Kier molecular flexibility index (Phi) is 5.85. The number of ether oxygens (including phenoxy) is 1. The molecule has 7 heteroatoms. The lowest BCUT2D eigenvalue weighted by Crippen LogP contribution is -2.48. The van der Waals surface area contributed by atoms with Crippen LogP contribution in [-0.4, -0.2) is 45.8 Å². The summed E-state index contributed by atoms with van der Waals surface area (Å²) in [4.78, 5) is 26.8. The van der Waals surface area contributed by atoms with Gasteiger partial charge in [0, 0.05) is 12.1 Å². The number of carbonyl (C=O) groups is 2. The number of halogens is 1. The lowest BCUT2D eigenvalue weighted by atomic mass is 10.0. The molecule has 0 bridgehead atoms. The van der Waals surface area contributed by atoms with Crippen LogP contribution < -0.4 is 0 Å². The number of aryl methyl sites for hydroxylation is 1. The molecule has 1 aromatic carbocycles. The Morgan fingerprint density at radius 2 is 1.93 bits per heavy atom. The minimum Gasteiger partial charge on any atom is -0.464 e. The van der Waals surface area contributed by atoms with Gasteiger partial charge in [-0.1, -0.05) is 11.6 Å². The number of likely N-dealkylation sites (tertiary alicyclic amines) is 1. The molecule has 1 fully saturated rings. The molecule has 144 valence electrons. The summed E-state index contributed by atoms with van der Waals surface area (Å²) in [7, 11) is 0. The van der Waals surface area contributed by atoms with E-state index < -0.39 is 6.04 Å². The van der Waals surface area contributed by atoms with Gasteiger partial charge in [0.05, 0.1) is 28.7 Å². The highest BCUT2D eigenvalue weighted by molar-refractivity contribution is 6.31. The molecule has 3 rings (SSSR count). The van der Waals surface area contributed by atoms with Crippen LogP contribution in [0.5, 0.6) is 0 Å². The highest BCUT2D eigenvalue weighted by Crippen LogP contribution is 2.24. The molecule has 27 heavy (non-hydrogen) atoms. The number of rotatable bonds is 4.